The zero-order valence-electron chi connectivity index (χ0n) is 34.9. The van der Waals surface area contributed by atoms with Crippen LogP contribution in [0.4, 0.5) is 0 Å². The maximum Gasteiger partial charge on any atom is 0.310 e. The number of likely N-dealkylation sites (tertiary alicyclic amines) is 4. The summed E-state index contributed by atoms with van der Waals surface area (Å²) in [6.45, 7) is 8.02. The van der Waals surface area contributed by atoms with E-state index in [1.807, 2.05) is 0 Å². The van der Waals surface area contributed by atoms with Crippen molar-refractivity contribution in [3.63, 3.8) is 0 Å². The van der Waals surface area contributed by atoms with E-state index in [1.165, 1.54) is 28.4 Å². The smallest absolute Gasteiger partial charge is 0.310 e. The summed E-state index contributed by atoms with van der Waals surface area (Å²) in [5, 5.41) is 0. The van der Waals surface area contributed by atoms with Crippen molar-refractivity contribution >= 4 is 47.5 Å². The molecule has 18 nitrogen and oxygen atoms in total. The van der Waals surface area contributed by atoms with Gasteiger partial charge in [-0.1, -0.05) is 0 Å². The fraction of sp³-hybridized carbons (Fsp3) is 0.800. The topological polar surface area (TPSA) is 193 Å². The fourth-order valence-electron chi connectivity index (χ4n) is 8.53. The Hall–Kier alpha value is -4.32. The van der Waals surface area contributed by atoms with Crippen LogP contribution in [0, 0.1) is 23.7 Å². The molecular weight excluding hydrogens is 756 g/mol. The summed E-state index contributed by atoms with van der Waals surface area (Å²) in [7, 11) is 5.32. The summed E-state index contributed by atoms with van der Waals surface area (Å²) < 4.78 is 19.4. The van der Waals surface area contributed by atoms with Crippen molar-refractivity contribution in [2.45, 2.75) is 64.2 Å². The number of nitrogens with zero attached hydrogens (tertiary/aromatic N) is 6. The Bertz CT molecular complexity index is 1260. The molecule has 4 aliphatic rings. The number of hydrogen-bond donors (Lipinski definition) is 0. The Balaban J connectivity index is 1.29. The van der Waals surface area contributed by atoms with Gasteiger partial charge in [0.2, 0.25) is 23.6 Å². The van der Waals surface area contributed by atoms with E-state index in [0.29, 0.717) is 52.4 Å². The lowest BCUT2D eigenvalue weighted by atomic mass is 10.1. The van der Waals surface area contributed by atoms with Gasteiger partial charge in [-0.2, -0.15) is 0 Å². The first kappa shape index (κ1) is 46.4. The maximum atomic E-state index is 12.6. The van der Waals surface area contributed by atoms with Crippen LogP contribution in [0.3, 0.4) is 0 Å². The monoisotopic (exact) mass is 820 g/mol. The predicted octanol–water partition coefficient (Wildman–Crippen LogP) is 0.0170. The van der Waals surface area contributed by atoms with E-state index < -0.39 is 23.7 Å². The summed E-state index contributed by atoms with van der Waals surface area (Å²) in [6.07, 6.45) is 5.28. The van der Waals surface area contributed by atoms with Crippen molar-refractivity contribution in [1.29, 1.82) is 0 Å². The van der Waals surface area contributed by atoms with E-state index in [1.54, 1.807) is 19.6 Å². The molecule has 0 N–H and O–H groups in total. The minimum absolute atomic E-state index is 0.0514. The van der Waals surface area contributed by atoms with Crippen molar-refractivity contribution in [2.24, 2.45) is 23.7 Å². The Labute approximate surface area is 341 Å². The number of methoxy groups -OCH3 is 4. The van der Waals surface area contributed by atoms with Crippen molar-refractivity contribution in [3.05, 3.63) is 0 Å². The zero-order chi connectivity index (χ0) is 42.2. The molecule has 4 atom stereocenters. The van der Waals surface area contributed by atoms with E-state index >= 15 is 0 Å². The number of carbonyl (C=O) groups excluding carboxylic acids is 8. The molecule has 0 aliphatic carbocycles. The Morgan fingerprint density at radius 1 is 0.414 bits per heavy atom. The molecule has 4 unspecified atom stereocenters. The highest BCUT2D eigenvalue weighted by molar-refractivity contribution is 5.88. The van der Waals surface area contributed by atoms with Crippen molar-refractivity contribution in [2.75, 3.05) is 120 Å². The van der Waals surface area contributed by atoms with Crippen molar-refractivity contribution in [1.82, 2.24) is 29.4 Å². The first-order valence-electron chi connectivity index (χ1n) is 20.7. The van der Waals surface area contributed by atoms with Crippen LogP contribution >= 0.6 is 0 Å². The third kappa shape index (κ3) is 13.6. The van der Waals surface area contributed by atoms with Gasteiger partial charge < -0.3 is 48.3 Å². The van der Waals surface area contributed by atoms with Crippen LogP contribution in [0.25, 0.3) is 0 Å². The number of carbonyl (C=O) groups is 8. The molecule has 326 valence electrons. The molecule has 4 amide bonds. The molecule has 18 heteroatoms. The van der Waals surface area contributed by atoms with Crippen LogP contribution in [0.5, 0.6) is 0 Å². The molecule has 0 bridgehead atoms. The molecule has 0 aromatic heterocycles. The standard InChI is InChI=1S/C40H64N6O12/c1-55-37(51)29-21-33(47)43(25-29)17-7-13-41(14-8-18-44-26-30(22-34(44)48)38(52)56-2)11-5-6-12-42(15-9-19-45-27-31(23-35(45)49)39(53)57-3)16-10-20-46-28-32(24-36(46)50)40(54)58-4/h29-32H,5-28H2,1-4H3. The van der Waals surface area contributed by atoms with Gasteiger partial charge in [0, 0.05) is 78.0 Å². The normalized spacial score (nSPS) is 22.2. The summed E-state index contributed by atoms with van der Waals surface area (Å²) in [5.41, 5.74) is 0. The van der Waals surface area contributed by atoms with Gasteiger partial charge in [0.05, 0.1) is 52.1 Å². The lowest BCUT2D eigenvalue weighted by molar-refractivity contribution is -0.145. The molecule has 4 heterocycles. The van der Waals surface area contributed by atoms with Crippen LogP contribution < -0.4 is 0 Å². The minimum Gasteiger partial charge on any atom is -0.469 e. The first-order chi connectivity index (χ1) is 27.9. The van der Waals surface area contributed by atoms with Gasteiger partial charge >= 0.3 is 23.9 Å². The average molecular weight is 821 g/mol. The van der Waals surface area contributed by atoms with E-state index in [9.17, 15) is 38.4 Å². The molecule has 0 radical (unpaired) electrons. The highest BCUT2D eigenvalue weighted by Crippen LogP contribution is 2.23. The van der Waals surface area contributed by atoms with Gasteiger partial charge in [-0.05, 0) is 77.8 Å². The van der Waals surface area contributed by atoms with Crippen LogP contribution in [0.2, 0.25) is 0 Å². The van der Waals surface area contributed by atoms with Gasteiger partial charge in [0.25, 0.3) is 0 Å². The van der Waals surface area contributed by atoms with E-state index in [2.05, 4.69) is 9.80 Å². The predicted molar refractivity (Wildman–Crippen MR) is 207 cm³/mol. The third-order valence-electron chi connectivity index (χ3n) is 11.8. The lowest BCUT2D eigenvalue weighted by Gasteiger charge is -2.27. The molecule has 4 aliphatic heterocycles. The Kier molecular flexibility index (Phi) is 18.6. The number of rotatable bonds is 25. The Morgan fingerprint density at radius 3 is 0.828 bits per heavy atom. The summed E-state index contributed by atoms with van der Waals surface area (Å²) in [5.74, 6) is -3.45. The number of unbranched alkanes of at least 4 members (excludes halogenated alkanes) is 1. The molecule has 0 saturated carbocycles. The summed E-state index contributed by atoms with van der Waals surface area (Å²) in [4.78, 5) is 110. The van der Waals surface area contributed by atoms with Crippen LogP contribution in [0.1, 0.15) is 64.2 Å². The van der Waals surface area contributed by atoms with E-state index in [4.69, 9.17) is 18.9 Å². The lowest BCUT2D eigenvalue weighted by Crippen LogP contribution is -2.36. The second-order valence-corrected chi connectivity index (χ2v) is 15.9. The van der Waals surface area contributed by atoms with Gasteiger partial charge in [-0.25, -0.2) is 0 Å². The molecule has 4 rings (SSSR count). The van der Waals surface area contributed by atoms with E-state index in [0.717, 1.165) is 77.8 Å². The third-order valence-corrected chi connectivity index (χ3v) is 11.8. The van der Waals surface area contributed by atoms with Gasteiger partial charge in [0.15, 0.2) is 0 Å². The number of amides is 4. The SMILES string of the molecule is COC(=O)C1CC(=O)N(CCCN(CCCCN(CCCN2CC(C(=O)OC)CC2=O)CCCN2CC(C(=O)OC)CC2=O)CCCN2CC(C(=O)OC)CC2=O)C1. The maximum absolute atomic E-state index is 12.6. The second-order valence-electron chi connectivity index (χ2n) is 15.9. The van der Waals surface area contributed by atoms with Crippen LogP contribution in [-0.2, 0) is 57.3 Å². The summed E-state index contributed by atoms with van der Waals surface area (Å²) in [6, 6.07) is 0. The summed E-state index contributed by atoms with van der Waals surface area (Å²) >= 11 is 0. The number of esters is 4. The first-order valence-corrected chi connectivity index (χ1v) is 20.7. The molecule has 0 spiro atoms. The zero-order valence-corrected chi connectivity index (χ0v) is 34.9. The van der Waals surface area contributed by atoms with Crippen LogP contribution in [0.15, 0.2) is 0 Å². The molecular formula is C40H64N6O12. The molecule has 0 aromatic rings. The largest absolute Gasteiger partial charge is 0.469 e. The van der Waals surface area contributed by atoms with E-state index in [-0.39, 0.29) is 73.2 Å². The second kappa shape index (κ2) is 23.3. The average Bonchev–Trinajstić information content (AvgIpc) is 3.99. The van der Waals surface area contributed by atoms with Crippen molar-refractivity contribution < 1.29 is 57.3 Å². The van der Waals surface area contributed by atoms with Crippen molar-refractivity contribution in [3.8, 4) is 0 Å². The quantitative estimate of drug-likeness (QED) is 0.0680. The molecule has 58 heavy (non-hydrogen) atoms. The number of ether oxygens (including phenoxy) is 4. The fourth-order valence-corrected chi connectivity index (χ4v) is 8.53. The minimum atomic E-state index is -0.441. The van der Waals surface area contributed by atoms with Crippen LogP contribution in [-0.4, -0.2) is 197 Å². The molecule has 4 fully saturated rings. The highest BCUT2D eigenvalue weighted by Gasteiger charge is 2.37. The van der Waals surface area contributed by atoms with Gasteiger partial charge in [-0.15, -0.1) is 0 Å². The van der Waals surface area contributed by atoms with Gasteiger partial charge in [-0.3, -0.25) is 38.4 Å². The molecule has 4 saturated heterocycles. The highest BCUT2D eigenvalue weighted by atomic mass is 16.5. The molecule has 0 aromatic carbocycles. The van der Waals surface area contributed by atoms with Gasteiger partial charge in [0.1, 0.15) is 0 Å². The number of hydrogen-bond acceptors (Lipinski definition) is 14. The Morgan fingerprint density at radius 2 is 0.621 bits per heavy atom.